The zero-order chi connectivity index (χ0) is 15.1. The lowest BCUT2D eigenvalue weighted by molar-refractivity contribution is -0.109. The SMILES string of the molecule is NNC(=O)c1cc(NNC=O)cc(OCc2ccco2)c1. The second kappa shape index (κ2) is 6.96. The predicted octanol–water partition coefficient (Wildman–Crippen LogP) is 0.535. The van der Waals surface area contributed by atoms with E-state index in [1.165, 1.54) is 18.4 Å². The zero-order valence-electron chi connectivity index (χ0n) is 11.0. The summed E-state index contributed by atoms with van der Waals surface area (Å²) in [5.74, 6) is 5.69. The van der Waals surface area contributed by atoms with E-state index in [-0.39, 0.29) is 12.2 Å². The fraction of sp³-hybridized carbons (Fsp3) is 0.0769. The number of nitrogen functional groups attached to an aromatic ring is 1. The molecule has 0 saturated carbocycles. The average Bonchev–Trinajstić information content (AvgIpc) is 3.03. The van der Waals surface area contributed by atoms with Crippen LogP contribution in [0.4, 0.5) is 5.69 Å². The average molecular weight is 290 g/mol. The highest BCUT2D eigenvalue weighted by Crippen LogP contribution is 2.22. The van der Waals surface area contributed by atoms with Crippen molar-refractivity contribution in [2.45, 2.75) is 6.61 Å². The van der Waals surface area contributed by atoms with Crippen molar-refractivity contribution >= 4 is 18.0 Å². The molecule has 8 heteroatoms. The standard InChI is InChI=1S/C13H14N4O4/c14-16-13(19)9-4-10(17-15-8-18)6-12(5-9)21-7-11-2-1-3-20-11/h1-6,8,17H,7,14H2,(H,15,18)(H,16,19). The molecule has 2 rings (SSSR count). The summed E-state index contributed by atoms with van der Waals surface area (Å²) in [5, 5.41) is 0. The molecule has 0 aliphatic rings. The Kier molecular flexibility index (Phi) is 4.78. The number of carbonyl (C=O) groups is 2. The lowest BCUT2D eigenvalue weighted by atomic mass is 10.2. The summed E-state index contributed by atoms with van der Waals surface area (Å²) in [4.78, 5) is 21.9. The van der Waals surface area contributed by atoms with Crippen LogP contribution in [-0.2, 0) is 11.4 Å². The minimum Gasteiger partial charge on any atom is -0.486 e. The summed E-state index contributed by atoms with van der Waals surface area (Å²) < 4.78 is 10.7. The topological polar surface area (TPSA) is 119 Å². The van der Waals surface area contributed by atoms with E-state index in [1.807, 2.05) is 5.43 Å². The van der Waals surface area contributed by atoms with Crippen LogP contribution in [0.15, 0.2) is 41.0 Å². The molecule has 0 bridgehead atoms. The molecule has 1 aromatic heterocycles. The van der Waals surface area contributed by atoms with Crippen molar-refractivity contribution in [1.29, 1.82) is 0 Å². The predicted molar refractivity (Wildman–Crippen MR) is 74.0 cm³/mol. The molecule has 21 heavy (non-hydrogen) atoms. The molecular formula is C13H14N4O4. The van der Waals surface area contributed by atoms with Crippen molar-refractivity contribution in [2.75, 3.05) is 5.43 Å². The third-order valence-corrected chi connectivity index (χ3v) is 2.54. The van der Waals surface area contributed by atoms with Crippen LogP contribution in [0.1, 0.15) is 16.1 Å². The second-order valence-corrected chi connectivity index (χ2v) is 3.97. The number of furan rings is 1. The van der Waals surface area contributed by atoms with Gasteiger partial charge in [0.1, 0.15) is 18.1 Å². The van der Waals surface area contributed by atoms with Gasteiger partial charge in [-0.3, -0.25) is 25.9 Å². The van der Waals surface area contributed by atoms with Gasteiger partial charge in [-0.2, -0.15) is 0 Å². The summed E-state index contributed by atoms with van der Waals surface area (Å²) in [6, 6.07) is 8.17. The van der Waals surface area contributed by atoms with Gasteiger partial charge in [-0.15, -0.1) is 0 Å². The maximum absolute atomic E-state index is 11.6. The summed E-state index contributed by atoms with van der Waals surface area (Å²) in [6.45, 7) is 0.210. The van der Waals surface area contributed by atoms with Crippen molar-refractivity contribution in [2.24, 2.45) is 5.84 Å². The van der Waals surface area contributed by atoms with Gasteiger partial charge in [-0.05, 0) is 24.3 Å². The smallest absolute Gasteiger partial charge is 0.265 e. The molecular weight excluding hydrogens is 276 g/mol. The Morgan fingerprint density at radius 3 is 2.90 bits per heavy atom. The third kappa shape index (κ3) is 3.98. The van der Waals surface area contributed by atoms with Crippen LogP contribution in [0.3, 0.4) is 0 Å². The van der Waals surface area contributed by atoms with Crippen molar-refractivity contribution < 1.29 is 18.7 Å². The number of hydrogen-bond donors (Lipinski definition) is 4. The van der Waals surface area contributed by atoms with Crippen LogP contribution in [0.5, 0.6) is 5.75 Å². The van der Waals surface area contributed by atoms with Gasteiger partial charge in [0.25, 0.3) is 5.91 Å². The van der Waals surface area contributed by atoms with Gasteiger partial charge in [0.15, 0.2) is 0 Å². The maximum atomic E-state index is 11.6. The second-order valence-electron chi connectivity index (χ2n) is 3.97. The molecule has 110 valence electrons. The number of nitrogens with two attached hydrogens (primary N) is 1. The maximum Gasteiger partial charge on any atom is 0.265 e. The summed E-state index contributed by atoms with van der Waals surface area (Å²) in [5.41, 5.74) is 7.67. The Morgan fingerprint density at radius 1 is 1.38 bits per heavy atom. The molecule has 0 saturated heterocycles. The van der Waals surface area contributed by atoms with E-state index in [9.17, 15) is 9.59 Å². The molecule has 0 atom stereocenters. The fourth-order valence-corrected chi connectivity index (χ4v) is 1.63. The number of benzene rings is 1. The molecule has 0 aliphatic carbocycles. The first kappa shape index (κ1) is 14.4. The third-order valence-electron chi connectivity index (χ3n) is 2.54. The van der Waals surface area contributed by atoms with Crippen LogP contribution < -0.4 is 26.9 Å². The van der Waals surface area contributed by atoms with E-state index < -0.39 is 5.91 Å². The summed E-state index contributed by atoms with van der Waals surface area (Å²) in [6.07, 6.45) is 2.01. The van der Waals surface area contributed by atoms with Gasteiger partial charge < -0.3 is 9.15 Å². The number of amides is 2. The van der Waals surface area contributed by atoms with E-state index >= 15 is 0 Å². The summed E-state index contributed by atoms with van der Waals surface area (Å²) >= 11 is 0. The minimum absolute atomic E-state index is 0.210. The van der Waals surface area contributed by atoms with Crippen LogP contribution in [0.25, 0.3) is 0 Å². The Morgan fingerprint density at radius 2 is 2.24 bits per heavy atom. The quantitative estimate of drug-likeness (QED) is 0.256. The van der Waals surface area contributed by atoms with E-state index in [4.69, 9.17) is 15.0 Å². The first-order chi connectivity index (χ1) is 10.2. The van der Waals surface area contributed by atoms with Crippen LogP contribution in [0, 0.1) is 0 Å². The van der Waals surface area contributed by atoms with E-state index in [1.54, 1.807) is 18.2 Å². The lowest BCUT2D eigenvalue weighted by Gasteiger charge is -2.11. The number of rotatable bonds is 7. The molecule has 2 amide bonds. The molecule has 5 N–H and O–H groups in total. The highest BCUT2D eigenvalue weighted by molar-refractivity contribution is 5.95. The Bertz CT molecular complexity index is 613. The minimum atomic E-state index is -0.479. The molecule has 0 unspecified atom stereocenters. The number of anilines is 1. The largest absolute Gasteiger partial charge is 0.486 e. The molecule has 8 nitrogen and oxygen atoms in total. The van der Waals surface area contributed by atoms with Crippen LogP contribution >= 0.6 is 0 Å². The van der Waals surface area contributed by atoms with Gasteiger partial charge >= 0.3 is 0 Å². The van der Waals surface area contributed by atoms with Crippen molar-refractivity contribution in [1.82, 2.24) is 10.9 Å². The van der Waals surface area contributed by atoms with Crippen LogP contribution in [0.2, 0.25) is 0 Å². The van der Waals surface area contributed by atoms with E-state index in [2.05, 4.69) is 10.9 Å². The number of nitrogens with one attached hydrogen (secondary N) is 3. The van der Waals surface area contributed by atoms with Crippen molar-refractivity contribution in [3.05, 3.63) is 47.9 Å². The molecule has 0 spiro atoms. The molecule has 2 aromatic rings. The number of hydrogen-bond acceptors (Lipinski definition) is 6. The molecule has 0 radical (unpaired) electrons. The van der Waals surface area contributed by atoms with E-state index in [0.717, 1.165) is 0 Å². The monoisotopic (exact) mass is 290 g/mol. The lowest BCUT2D eigenvalue weighted by Crippen LogP contribution is -2.30. The Labute approximate surface area is 120 Å². The number of carbonyl (C=O) groups excluding carboxylic acids is 2. The van der Waals surface area contributed by atoms with Gasteiger partial charge in [0.2, 0.25) is 6.41 Å². The zero-order valence-corrected chi connectivity index (χ0v) is 11.0. The molecule has 1 aromatic carbocycles. The molecule has 0 aliphatic heterocycles. The molecule has 1 heterocycles. The first-order valence-corrected chi connectivity index (χ1v) is 5.99. The highest BCUT2D eigenvalue weighted by atomic mass is 16.5. The van der Waals surface area contributed by atoms with Gasteiger partial charge in [0, 0.05) is 11.6 Å². The molecule has 0 fully saturated rings. The van der Waals surface area contributed by atoms with E-state index in [0.29, 0.717) is 23.6 Å². The highest BCUT2D eigenvalue weighted by Gasteiger charge is 2.09. The van der Waals surface area contributed by atoms with Gasteiger partial charge in [0.05, 0.1) is 12.0 Å². The fourth-order valence-electron chi connectivity index (χ4n) is 1.63. The Hall–Kier alpha value is -3.00. The number of ether oxygens (including phenoxy) is 1. The van der Waals surface area contributed by atoms with Gasteiger partial charge in [-0.1, -0.05) is 0 Å². The van der Waals surface area contributed by atoms with Crippen molar-refractivity contribution in [3.8, 4) is 5.75 Å². The number of hydrazine groups is 2. The van der Waals surface area contributed by atoms with Gasteiger partial charge in [-0.25, -0.2) is 5.84 Å². The van der Waals surface area contributed by atoms with Crippen molar-refractivity contribution in [3.63, 3.8) is 0 Å². The van der Waals surface area contributed by atoms with Crippen LogP contribution in [-0.4, -0.2) is 12.3 Å². The normalized spacial score (nSPS) is 9.76. The Balaban J connectivity index is 2.17. The first-order valence-electron chi connectivity index (χ1n) is 5.99. The summed E-state index contributed by atoms with van der Waals surface area (Å²) in [7, 11) is 0.